The fourth-order valence-corrected chi connectivity index (χ4v) is 2.75. The van der Waals surface area contributed by atoms with E-state index < -0.39 is 0 Å². The standard InChI is InChI=1S/C15H16N4S/c1-4-19-15(16-9-17-19)14-7-10(2)12-8-11(20-3)5-6-13(12)18-14/h5-9H,4H2,1-3H3. The van der Waals surface area contributed by atoms with E-state index in [0.717, 1.165) is 23.6 Å². The highest BCUT2D eigenvalue weighted by atomic mass is 32.2. The third-order valence-corrected chi connectivity index (χ3v) is 4.09. The average molecular weight is 284 g/mol. The van der Waals surface area contributed by atoms with Gasteiger partial charge in [0, 0.05) is 16.8 Å². The minimum absolute atomic E-state index is 0.791. The average Bonchev–Trinajstić information content (AvgIpc) is 2.95. The van der Waals surface area contributed by atoms with Gasteiger partial charge in [0.1, 0.15) is 12.0 Å². The molecular formula is C15H16N4S. The summed E-state index contributed by atoms with van der Waals surface area (Å²) in [6.45, 7) is 4.96. The number of thioether (sulfide) groups is 1. The molecule has 0 unspecified atom stereocenters. The van der Waals surface area contributed by atoms with Crippen LogP contribution in [0.15, 0.2) is 35.5 Å². The molecule has 0 saturated heterocycles. The summed E-state index contributed by atoms with van der Waals surface area (Å²) < 4.78 is 1.86. The predicted molar refractivity (Wildman–Crippen MR) is 83.0 cm³/mol. The van der Waals surface area contributed by atoms with Crippen LogP contribution in [-0.2, 0) is 6.54 Å². The van der Waals surface area contributed by atoms with Gasteiger partial charge >= 0.3 is 0 Å². The van der Waals surface area contributed by atoms with Gasteiger partial charge in [0.15, 0.2) is 5.82 Å². The molecule has 20 heavy (non-hydrogen) atoms. The molecule has 0 radical (unpaired) electrons. The summed E-state index contributed by atoms with van der Waals surface area (Å²) in [6.07, 6.45) is 3.67. The second-order valence-corrected chi connectivity index (χ2v) is 5.49. The summed E-state index contributed by atoms with van der Waals surface area (Å²) in [5.41, 5.74) is 3.10. The van der Waals surface area contributed by atoms with Crippen molar-refractivity contribution >= 4 is 22.7 Å². The first kappa shape index (κ1) is 13.1. The van der Waals surface area contributed by atoms with Crippen LogP contribution >= 0.6 is 11.8 Å². The molecule has 0 aliphatic carbocycles. The monoisotopic (exact) mass is 284 g/mol. The van der Waals surface area contributed by atoms with E-state index in [9.17, 15) is 0 Å². The Balaban J connectivity index is 2.20. The largest absolute Gasteiger partial charge is 0.245 e. The molecule has 2 aromatic heterocycles. The summed E-state index contributed by atoms with van der Waals surface area (Å²) in [6, 6.07) is 8.46. The number of nitrogens with zero attached hydrogens (tertiary/aromatic N) is 4. The van der Waals surface area contributed by atoms with Crippen LogP contribution in [0.3, 0.4) is 0 Å². The van der Waals surface area contributed by atoms with Crippen LogP contribution in [0.5, 0.6) is 0 Å². The van der Waals surface area contributed by atoms with Gasteiger partial charge in [-0.1, -0.05) is 0 Å². The maximum atomic E-state index is 4.73. The summed E-state index contributed by atoms with van der Waals surface area (Å²) in [5.74, 6) is 0.825. The Morgan fingerprint density at radius 2 is 2.10 bits per heavy atom. The Morgan fingerprint density at radius 3 is 2.85 bits per heavy atom. The van der Waals surface area contributed by atoms with Gasteiger partial charge in [-0.3, -0.25) is 0 Å². The van der Waals surface area contributed by atoms with Crippen molar-refractivity contribution in [2.75, 3.05) is 6.26 Å². The van der Waals surface area contributed by atoms with Crippen LogP contribution in [0.25, 0.3) is 22.4 Å². The van der Waals surface area contributed by atoms with Gasteiger partial charge in [-0.05, 0) is 49.9 Å². The number of benzene rings is 1. The van der Waals surface area contributed by atoms with Gasteiger partial charge in [0.2, 0.25) is 0 Å². The summed E-state index contributed by atoms with van der Waals surface area (Å²) in [7, 11) is 0. The number of aryl methyl sites for hydroxylation is 2. The summed E-state index contributed by atoms with van der Waals surface area (Å²) >= 11 is 1.75. The zero-order chi connectivity index (χ0) is 14.1. The molecule has 0 aliphatic heterocycles. The van der Waals surface area contributed by atoms with Crippen molar-refractivity contribution in [3.63, 3.8) is 0 Å². The molecule has 0 amide bonds. The number of fused-ring (bicyclic) bond motifs is 1. The third-order valence-electron chi connectivity index (χ3n) is 3.37. The Kier molecular flexibility index (Phi) is 3.44. The zero-order valence-corrected chi connectivity index (χ0v) is 12.6. The molecule has 0 atom stereocenters. The first-order chi connectivity index (χ1) is 9.72. The van der Waals surface area contributed by atoms with Gasteiger partial charge in [0.05, 0.1) is 5.52 Å². The molecule has 4 nitrogen and oxygen atoms in total. The highest BCUT2D eigenvalue weighted by molar-refractivity contribution is 7.98. The molecule has 3 aromatic rings. The Morgan fingerprint density at radius 1 is 1.25 bits per heavy atom. The maximum absolute atomic E-state index is 4.73. The molecule has 1 aromatic carbocycles. The Hall–Kier alpha value is -1.88. The lowest BCUT2D eigenvalue weighted by Crippen LogP contribution is -2.01. The highest BCUT2D eigenvalue weighted by Crippen LogP contribution is 2.26. The maximum Gasteiger partial charge on any atom is 0.176 e. The van der Waals surface area contributed by atoms with Gasteiger partial charge in [-0.25, -0.2) is 14.6 Å². The summed E-state index contributed by atoms with van der Waals surface area (Å²) in [5, 5.41) is 5.41. The van der Waals surface area contributed by atoms with Crippen LogP contribution in [0.4, 0.5) is 0 Å². The minimum atomic E-state index is 0.791. The molecule has 0 aliphatic rings. The molecule has 0 saturated carbocycles. The van der Waals surface area contributed by atoms with Crippen molar-refractivity contribution in [3.05, 3.63) is 36.2 Å². The van der Waals surface area contributed by atoms with Gasteiger partial charge in [-0.15, -0.1) is 11.8 Å². The van der Waals surface area contributed by atoms with Crippen molar-refractivity contribution in [1.82, 2.24) is 19.7 Å². The lowest BCUT2D eigenvalue weighted by atomic mass is 10.1. The van der Waals surface area contributed by atoms with Crippen LogP contribution in [-0.4, -0.2) is 26.0 Å². The van der Waals surface area contributed by atoms with Gasteiger partial charge in [-0.2, -0.15) is 5.10 Å². The lowest BCUT2D eigenvalue weighted by Gasteiger charge is -2.08. The van der Waals surface area contributed by atoms with Crippen LogP contribution in [0, 0.1) is 6.92 Å². The molecule has 0 fully saturated rings. The second kappa shape index (κ2) is 5.25. The van der Waals surface area contributed by atoms with E-state index in [1.807, 2.05) is 4.68 Å². The quantitative estimate of drug-likeness (QED) is 0.690. The Labute approximate surface area is 122 Å². The van der Waals surface area contributed by atoms with Crippen LogP contribution < -0.4 is 0 Å². The number of pyridine rings is 1. The van der Waals surface area contributed by atoms with Crippen LogP contribution in [0.1, 0.15) is 12.5 Å². The lowest BCUT2D eigenvalue weighted by molar-refractivity contribution is 0.664. The number of rotatable bonds is 3. The van der Waals surface area contributed by atoms with E-state index in [1.165, 1.54) is 15.8 Å². The smallest absolute Gasteiger partial charge is 0.176 e. The molecule has 3 rings (SSSR count). The van der Waals surface area contributed by atoms with E-state index in [1.54, 1.807) is 18.1 Å². The van der Waals surface area contributed by atoms with Crippen LogP contribution in [0.2, 0.25) is 0 Å². The van der Waals surface area contributed by atoms with E-state index in [0.29, 0.717) is 0 Å². The number of hydrogen-bond donors (Lipinski definition) is 0. The molecular weight excluding hydrogens is 268 g/mol. The zero-order valence-electron chi connectivity index (χ0n) is 11.8. The number of hydrogen-bond acceptors (Lipinski definition) is 4. The van der Waals surface area contributed by atoms with Crippen molar-refractivity contribution in [1.29, 1.82) is 0 Å². The molecule has 5 heteroatoms. The first-order valence-corrected chi connectivity index (χ1v) is 7.79. The van der Waals surface area contributed by atoms with Crippen molar-refractivity contribution < 1.29 is 0 Å². The second-order valence-electron chi connectivity index (χ2n) is 4.61. The molecule has 102 valence electrons. The van der Waals surface area contributed by atoms with Crippen molar-refractivity contribution in [2.45, 2.75) is 25.3 Å². The van der Waals surface area contributed by atoms with E-state index in [4.69, 9.17) is 4.98 Å². The minimum Gasteiger partial charge on any atom is -0.245 e. The van der Waals surface area contributed by atoms with Gasteiger partial charge in [0.25, 0.3) is 0 Å². The molecule has 0 bridgehead atoms. The van der Waals surface area contributed by atoms with E-state index in [2.05, 4.69) is 54.5 Å². The number of aromatic nitrogens is 4. The fourth-order valence-electron chi connectivity index (χ4n) is 2.31. The summed E-state index contributed by atoms with van der Waals surface area (Å²) in [4.78, 5) is 10.3. The predicted octanol–water partition coefficient (Wildman–Crippen LogP) is 3.54. The third kappa shape index (κ3) is 2.18. The van der Waals surface area contributed by atoms with E-state index in [-0.39, 0.29) is 0 Å². The first-order valence-electron chi connectivity index (χ1n) is 6.56. The fraction of sp³-hybridized carbons (Fsp3) is 0.267. The Bertz CT molecular complexity index is 764. The molecule has 2 heterocycles. The van der Waals surface area contributed by atoms with Gasteiger partial charge < -0.3 is 0 Å². The van der Waals surface area contributed by atoms with Crippen molar-refractivity contribution in [3.8, 4) is 11.5 Å². The highest BCUT2D eigenvalue weighted by Gasteiger charge is 2.10. The SMILES string of the molecule is CCn1ncnc1-c1cc(C)c2cc(SC)ccc2n1. The van der Waals surface area contributed by atoms with Crippen molar-refractivity contribution in [2.24, 2.45) is 0 Å². The molecule has 0 N–H and O–H groups in total. The molecule has 0 spiro atoms. The van der Waals surface area contributed by atoms with E-state index >= 15 is 0 Å². The topological polar surface area (TPSA) is 43.6 Å². The normalized spacial score (nSPS) is 11.2.